The summed E-state index contributed by atoms with van der Waals surface area (Å²) in [4.78, 5) is -3.07. The van der Waals surface area contributed by atoms with E-state index in [1.807, 2.05) is 0 Å². The van der Waals surface area contributed by atoms with Gasteiger partial charge < -0.3 is 4.74 Å². The van der Waals surface area contributed by atoms with Crippen molar-refractivity contribution >= 4 is 0 Å². The number of nitrogens with zero attached hydrogens (tertiary/aromatic N) is 1. The molecule has 0 saturated carbocycles. The molecule has 0 aromatic heterocycles. The van der Waals surface area contributed by atoms with Gasteiger partial charge in [0.1, 0.15) is 0 Å². The Balaban J connectivity index is 6.28. The molecule has 0 aromatic rings. The number of hydrogen-bond donors (Lipinski definition) is 0. The molecule has 0 saturated heterocycles. The van der Waals surface area contributed by atoms with Crippen molar-refractivity contribution in [2.45, 2.75) is 36.6 Å². The Morgan fingerprint density at radius 1 is 0.783 bits per heavy atom. The van der Waals surface area contributed by atoms with Gasteiger partial charge in [0.2, 0.25) is 0 Å². The van der Waals surface area contributed by atoms with Gasteiger partial charge in [0, 0.05) is 7.11 Å². The van der Waals surface area contributed by atoms with Gasteiger partial charge in [-0.05, 0) is 0 Å². The average Bonchev–Trinajstić information content (AvgIpc) is 2.36. The molecular formula is C9H9F12NO. The molecule has 0 aliphatic carbocycles. The van der Waals surface area contributed by atoms with E-state index in [1.165, 1.54) is 0 Å². The van der Waals surface area contributed by atoms with Crippen LogP contribution in [0, 0.1) is 0 Å². The molecule has 0 N–H and O–H groups in total. The number of ether oxygens (including phenoxy) is 1. The molecule has 0 radical (unpaired) electrons. The molecule has 23 heavy (non-hydrogen) atoms. The molecule has 14 heteroatoms. The summed E-state index contributed by atoms with van der Waals surface area (Å²) >= 11 is 0. The molecule has 0 aromatic carbocycles. The van der Waals surface area contributed by atoms with Gasteiger partial charge in [-0.3, -0.25) is 4.39 Å². The highest BCUT2D eigenvalue weighted by molar-refractivity contribution is 4.96. The number of hydrogen-bond acceptors (Lipinski definition) is 2. The molecule has 0 atom stereocenters. The van der Waals surface area contributed by atoms with Crippen molar-refractivity contribution in [3.8, 4) is 0 Å². The lowest BCUT2D eigenvalue weighted by Gasteiger charge is -2.43. The summed E-state index contributed by atoms with van der Waals surface area (Å²) in [6, 6.07) is -18.8. The van der Waals surface area contributed by atoms with Crippen molar-refractivity contribution in [1.82, 2.24) is 4.90 Å². The smallest absolute Gasteiger partial charge is 0.319 e. The largest absolute Gasteiger partial charge is 0.427 e. The zero-order valence-corrected chi connectivity index (χ0v) is 11.0. The second-order valence-electron chi connectivity index (χ2n) is 4.08. The minimum Gasteiger partial charge on any atom is -0.319 e. The van der Waals surface area contributed by atoms with Crippen LogP contribution in [0.1, 0.15) is 6.42 Å². The van der Waals surface area contributed by atoms with Crippen molar-refractivity contribution in [3.05, 3.63) is 0 Å². The fourth-order valence-corrected chi connectivity index (χ4v) is 1.38. The molecule has 0 spiro atoms. The standard InChI is InChI=1S/C9H9F12NO/c1-23-9(20,21)7(16,17)8(18,19)22(6(14,15)4-11)5(12,13)2-3-10/h2-4H2,1H3. The van der Waals surface area contributed by atoms with E-state index >= 15 is 0 Å². The van der Waals surface area contributed by atoms with Crippen LogP contribution in [0.15, 0.2) is 0 Å². The maximum atomic E-state index is 13.4. The average molecular weight is 375 g/mol. The van der Waals surface area contributed by atoms with Crippen LogP contribution in [0.4, 0.5) is 52.7 Å². The molecule has 2 nitrogen and oxygen atoms in total. The third-order valence-corrected chi connectivity index (χ3v) is 2.49. The highest BCUT2D eigenvalue weighted by atomic mass is 19.4. The zero-order valence-electron chi connectivity index (χ0n) is 11.0. The molecular weight excluding hydrogens is 366 g/mol. The Morgan fingerprint density at radius 3 is 1.52 bits per heavy atom. The van der Waals surface area contributed by atoms with Crippen molar-refractivity contribution in [3.63, 3.8) is 0 Å². The molecule has 0 aliphatic heterocycles. The molecule has 0 heterocycles. The number of alkyl halides is 12. The number of halogens is 12. The van der Waals surface area contributed by atoms with Gasteiger partial charge in [0.05, 0.1) is 13.1 Å². The van der Waals surface area contributed by atoms with Crippen LogP contribution in [0.3, 0.4) is 0 Å². The first-order valence-electron chi connectivity index (χ1n) is 5.41. The number of rotatable bonds is 9. The van der Waals surface area contributed by atoms with E-state index in [-0.39, 0.29) is 7.11 Å². The van der Waals surface area contributed by atoms with Gasteiger partial charge in [0.25, 0.3) is 0 Å². The van der Waals surface area contributed by atoms with Gasteiger partial charge in [0.15, 0.2) is 6.67 Å². The highest BCUT2D eigenvalue weighted by Gasteiger charge is 2.81. The minimum absolute atomic E-state index is 0.235. The van der Waals surface area contributed by atoms with Crippen LogP contribution in [-0.4, -0.2) is 55.5 Å². The zero-order chi connectivity index (χ0) is 18.9. The van der Waals surface area contributed by atoms with Gasteiger partial charge in [-0.25, -0.2) is 4.39 Å². The highest BCUT2D eigenvalue weighted by Crippen LogP contribution is 2.53. The predicted octanol–water partition coefficient (Wildman–Crippen LogP) is 4.27. The fraction of sp³-hybridized carbons (Fsp3) is 1.00. The first kappa shape index (κ1) is 22.1. The van der Waals surface area contributed by atoms with Crippen LogP contribution in [0.25, 0.3) is 0 Å². The fourth-order valence-electron chi connectivity index (χ4n) is 1.38. The summed E-state index contributed by atoms with van der Waals surface area (Å²) < 4.78 is 158. The third-order valence-electron chi connectivity index (χ3n) is 2.49. The van der Waals surface area contributed by atoms with E-state index < -0.39 is 54.8 Å². The first-order chi connectivity index (χ1) is 10.0. The normalized spacial score (nSPS) is 15.4. The predicted molar refractivity (Wildman–Crippen MR) is 50.2 cm³/mol. The van der Waals surface area contributed by atoms with Crippen LogP contribution >= 0.6 is 0 Å². The minimum atomic E-state index is -7.01. The van der Waals surface area contributed by atoms with Gasteiger partial charge in [-0.15, -0.1) is 4.90 Å². The van der Waals surface area contributed by atoms with Gasteiger partial charge in [-0.1, -0.05) is 0 Å². The maximum absolute atomic E-state index is 13.4. The van der Waals surface area contributed by atoms with Crippen LogP contribution in [0.2, 0.25) is 0 Å². The Morgan fingerprint density at radius 2 is 1.22 bits per heavy atom. The summed E-state index contributed by atoms with van der Waals surface area (Å²) in [6.07, 6.45) is -8.68. The molecule has 140 valence electrons. The maximum Gasteiger partial charge on any atom is 0.427 e. The van der Waals surface area contributed by atoms with Gasteiger partial charge in [-0.2, -0.15) is 43.9 Å². The second kappa shape index (κ2) is 6.53. The molecule has 0 bridgehead atoms. The van der Waals surface area contributed by atoms with Crippen molar-refractivity contribution in [1.29, 1.82) is 0 Å². The lowest BCUT2D eigenvalue weighted by atomic mass is 10.2. The molecule has 0 rings (SSSR count). The Labute approximate surface area is 121 Å². The molecule has 0 fully saturated rings. The first-order valence-corrected chi connectivity index (χ1v) is 5.41. The molecule has 0 unspecified atom stereocenters. The van der Waals surface area contributed by atoms with Crippen molar-refractivity contribution in [2.75, 3.05) is 20.5 Å². The van der Waals surface area contributed by atoms with Crippen molar-refractivity contribution < 1.29 is 57.4 Å². The quantitative estimate of drug-likeness (QED) is 0.441. The Kier molecular flexibility index (Phi) is 6.27. The summed E-state index contributed by atoms with van der Waals surface area (Å²) in [5.41, 5.74) is 0. The summed E-state index contributed by atoms with van der Waals surface area (Å²) in [6.45, 7) is -5.63. The molecule has 0 amide bonds. The summed E-state index contributed by atoms with van der Waals surface area (Å²) in [7, 11) is -0.235. The molecule has 0 aliphatic rings. The Hall–Kier alpha value is -0.920. The van der Waals surface area contributed by atoms with Crippen LogP contribution in [-0.2, 0) is 4.74 Å². The van der Waals surface area contributed by atoms with Crippen molar-refractivity contribution in [2.24, 2.45) is 0 Å². The Bertz CT molecular complexity index is 398. The van der Waals surface area contributed by atoms with E-state index in [0.29, 0.717) is 0 Å². The lowest BCUT2D eigenvalue weighted by Crippen LogP contribution is -2.71. The van der Waals surface area contributed by atoms with E-state index in [2.05, 4.69) is 4.74 Å². The SMILES string of the molecule is COC(F)(F)C(F)(F)C(F)(F)N(C(F)(F)CF)C(F)(F)CCF. The number of methoxy groups -OCH3 is 1. The van der Waals surface area contributed by atoms with E-state index in [4.69, 9.17) is 0 Å². The topological polar surface area (TPSA) is 12.5 Å². The van der Waals surface area contributed by atoms with Gasteiger partial charge >= 0.3 is 30.2 Å². The van der Waals surface area contributed by atoms with Crippen LogP contribution in [0.5, 0.6) is 0 Å². The van der Waals surface area contributed by atoms with Crippen LogP contribution < -0.4 is 0 Å². The monoisotopic (exact) mass is 375 g/mol. The summed E-state index contributed by atoms with van der Waals surface area (Å²) in [5.74, 6) is -6.94. The van der Waals surface area contributed by atoms with E-state index in [0.717, 1.165) is 0 Å². The lowest BCUT2D eigenvalue weighted by molar-refractivity contribution is -0.468. The van der Waals surface area contributed by atoms with E-state index in [1.54, 1.807) is 0 Å². The second-order valence-corrected chi connectivity index (χ2v) is 4.08. The summed E-state index contributed by atoms with van der Waals surface area (Å²) in [5, 5.41) is 0. The third kappa shape index (κ3) is 3.78. The van der Waals surface area contributed by atoms with E-state index in [9.17, 15) is 52.7 Å².